The molecule has 32 heavy (non-hydrogen) atoms. The summed E-state index contributed by atoms with van der Waals surface area (Å²) in [7, 11) is 1.54. The molecule has 0 radical (unpaired) electrons. The Bertz CT molecular complexity index is 1060. The van der Waals surface area contributed by atoms with Crippen LogP contribution in [0.2, 0.25) is 0 Å². The van der Waals surface area contributed by atoms with Crippen LogP contribution in [0.1, 0.15) is 31.3 Å². The van der Waals surface area contributed by atoms with Gasteiger partial charge in [-0.05, 0) is 57.2 Å². The van der Waals surface area contributed by atoms with Gasteiger partial charge in [0.05, 0.1) is 18.9 Å². The minimum Gasteiger partial charge on any atom is -0.495 e. The normalized spacial score (nSPS) is 10.7. The van der Waals surface area contributed by atoms with E-state index in [0.717, 1.165) is 16.3 Å². The molecule has 0 bridgehead atoms. The lowest BCUT2D eigenvalue weighted by Crippen LogP contribution is -2.38. The second-order valence-corrected chi connectivity index (χ2v) is 8.15. The summed E-state index contributed by atoms with van der Waals surface area (Å²) in [4.78, 5) is 31.4. The number of rotatable bonds is 9. The molecule has 3 aromatic rings. The Morgan fingerprint density at radius 1 is 1.12 bits per heavy atom. The highest BCUT2D eigenvalue weighted by molar-refractivity contribution is 7.13. The van der Waals surface area contributed by atoms with Crippen molar-refractivity contribution < 1.29 is 19.1 Å². The first-order valence-electron chi connectivity index (χ1n) is 10.4. The van der Waals surface area contributed by atoms with Gasteiger partial charge in [-0.2, -0.15) is 0 Å². The van der Waals surface area contributed by atoms with Gasteiger partial charge in [0.1, 0.15) is 28.7 Å². The highest BCUT2D eigenvalue weighted by Crippen LogP contribution is 2.27. The molecule has 8 heteroatoms. The topological polar surface area (TPSA) is 80.8 Å². The molecule has 0 atom stereocenters. The van der Waals surface area contributed by atoms with Gasteiger partial charge in [-0.1, -0.05) is 12.1 Å². The van der Waals surface area contributed by atoms with Crippen molar-refractivity contribution in [2.45, 2.75) is 26.9 Å². The molecule has 0 aliphatic carbocycles. The molecular weight excluding hydrogens is 426 g/mol. The van der Waals surface area contributed by atoms with Crippen LogP contribution in [0.25, 0.3) is 10.6 Å². The Kier molecular flexibility index (Phi) is 7.83. The highest BCUT2D eigenvalue weighted by atomic mass is 32.1. The van der Waals surface area contributed by atoms with Crippen LogP contribution < -0.4 is 14.8 Å². The van der Waals surface area contributed by atoms with Crippen molar-refractivity contribution in [3.63, 3.8) is 0 Å². The maximum Gasteiger partial charge on any atom is 0.273 e. The van der Waals surface area contributed by atoms with E-state index in [9.17, 15) is 9.59 Å². The Morgan fingerprint density at radius 3 is 2.50 bits per heavy atom. The van der Waals surface area contributed by atoms with Gasteiger partial charge in [-0.25, -0.2) is 4.98 Å². The summed E-state index contributed by atoms with van der Waals surface area (Å²) in [5, 5.41) is 5.25. The monoisotopic (exact) mass is 453 g/mol. The summed E-state index contributed by atoms with van der Waals surface area (Å²) < 4.78 is 10.9. The smallest absolute Gasteiger partial charge is 0.273 e. The number of amides is 2. The molecule has 7 nitrogen and oxygen atoms in total. The number of hydrogen-bond donors (Lipinski definition) is 1. The maximum atomic E-state index is 13.0. The summed E-state index contributed by atoms with van der Waals surface area (Å²) >= 11 is 1.39. The number of aromatic nitrogens is 1. The average molecular weight is 454 g/mol. The molecule has 3 rings (SSSR count). The van der Waals surface area contributed by atoms with Crippen molar-refractivity contribution in [3.8, 4) is 22.1 Å². The van der Waals surface area contributed by atoms with Crippen molar-refractivity contribution in [2.75, 3.05) is 25.5 Å². The summed E-state index contributed by atoms with van der Waals surface area (Å²) in [5.74, 6) is 0.754. The van der Waals surface area contributed by atoms with E-state index in [2.05, 4.69) is 10.3 Å². The van der Waals surface area contributed by atoms with Crippen molar-refractivity contribution in [1.82, 2.24) is 9.88 Å². The van der Waals surface area contributed by atoms with Crippen LogP contribution >= 0.6 is 11.3 Å². The van der Waals surface area contributed by atoms with Gasteiger partial charge in [0.15, 0.2) is 0 Å². The first kappa shape index (κ1) is 23.3. The van der Waals surface area contributed by atoms with E-state index in [1.165, 1.54) is 23.3 Å². The number of likely N-dealkylation sites (N-methyl/N-ethyl adjacent to an activating group) is 1. The molecule has 1 aromatic heterocycles. The van der Waals surface area contributed by atoms with Crippen LogP contribution in [0.3, 0.4) is 0 Å². The molecule has 0 spiro atoms. The fourth-order valence-electron chi connectivity index (χ4n) is 3.05. The van der Waals surface area contributed by atoms with Crippen molar-refractivity contribution in [1.29, 1.82) is 0 Å². The van der Waals surface area contributed by atoms with E-state index in [-0.39, 0.29) is 24.5 Å². The van der Waals surface area contributed by atoms with Crippen LogP contribution in [0, 0.1) is 0 Å². The number of para-hydroxylation sites is 2. The fraction of sp³-hybridized carbons (Fsp3) is 0.292. The van der Waals surface area contributed by atoms with E-state index < -0.39 is 0 Å². The SMILES string of the molecule is CCN(CC(=O)Nc1ccccc1OC)C(=O)c1csc(-c2ccc(OC(C)C)cc2)n1. The third-order valence-electron chi connectivity index (χ3n) is 4.58. The number of nitrogens with one attached hydrogen (secondary N) is 1. The lowest BCUT2D eigenvalue weighted by Gasteiger charge is -2.19. The van der Waals surface area contributed by atoms with Crippen LogP contribution in [0.4, 0.5) is 5.69 Å². The zero-order valence-corrected chi connectivity index (χ0v) is 19.4. The molecule has 0 aliphatic rings. The van der Waals surface area contributed by atoms with Gasteiger partial charge in [0.2, 0.25) is 5.91 Å². The average Bonchev–Trinajstić information content (AvgIpc) is 3.28. The van der Waals surface area contributed by atoms with Gasteiger partial charge in [0.25, 0.3) is 5.91 Å². The second kappa shape index (κ2) is 10.8. The number of carbonyl (C=O) groups excluding carboxylic acids is 2. The summed E-state index contributed by atoms with van der Waals surface area (Å²) in [6.07, 6.45) is 0.102. The summed E-state index contributed by atoms with van der Waals surface area (Å²) in [6, 6.07) is 14.7. The number of methoxy groups -OCH3 is 1. The minimum atomic E-state index is -0.305. The van der Waals surface area contributed by atoms with Crippen LogP contribution in [0.5, 0.6) is 11.5 Å². The third kappa shape index (κ3) is 5.85. The van der Waals surface area contributed by atoms with Crippen molar-refractivity contribution in [2.24, 2.45) is 0 Å². The molecule has 168 valence electrons. The molecular formula is C24H27N3O4S. The van der Waals surface area contributed by atoms with Gasteiger partial charge < -0.3 is 19.7 Å². The van der Waals surface area contributed by atoms with Gasteiger partial charge in [-0.15, -0.1) is 11.3 Å². The molecule has 0 saturated heterocycles. The van der Waals surface area contributed by atoms with E-state index in [0.29, 0.717) is 23.7 Å². The van der Waals surface area contributed by atoms with Crippen LogP contribution in [-0.4, -0.2) is 48.0 Å². The van der Waals surface area contributed by atoms with Crippen LogP contribution in [0.15, 0.2) is 53.9 Å². The highest BCUT2D eigenvalue weighted by Gasteiger charge is 2.21. The maximum absolute atomic E-state index is 13.0. The Hall–Kier alpha value is -3.39. The standard InChI is InChI=1S/C24H27N3O4S/c1-5-27(14-22(28)25-19-8-6-7-9-21(19)30-4)24(29)20-15-32-23(26-20)17-10-12-18(13-11-17)31-16(2)3/h6-13,15-16H,5,14H2,1-4H3,(H,25,28). The number of anilines is 1. The van der Waals surface area contributed by atoms with E-state index in [1.807, 2.05) is 51.1 Å². The fourth-order valence-corrected chi connectivity index (χ4v) is 3.85. The zero-order valence-electron chi connectivity index (χ0n) is 18.6. The number of nitrogens with zero attached hydrogens (tertiary/aromatic N) is 2. The van der Waals surface area contributed by atoms with Crippen molar-refractivity contribution >= 4 is 28.8 Å². The largest absolute Gasteiger partial charge is 0.495 e. The van der Waals surface area contributed by atoms with Gasteiger partial charge >= 0.3 is 0 Å². The van der Waals surface area contributed by atoms with E-state index in [4.69, 9.17) is 9.47 Å². The number of carbonyl (C=O) groups is 2. The van der Waals surface area contributed by atoms with Crippen molar-refractivity contribution in [3.05, 3.63) is 59.6 Å². The minimum absolute atomic E-state index is 0.0819. The van der Waals surface area contributed by atoms with E-state index in [1.54, 1.807) is 23.6 Å². The van der Waals surface area contributed by atoms with Gasteiger partial charge in [-0.3, -0.25) is 9.59 Å². The molecule has 2 aromatic carbocycles. The molecule has 1 heterocycles. The number of hydrogen-bond acceptors (Lipinski definition) is 6. The zero-order chi connectivity index (χ0) is 23.1. The number of thiazole rings is 1. The predicted molar refractivity (Wildman–Crippen MR) is 127 cm³/mol. The number of ether oxygens (including phenoxy) is 2. The molecule has 0 fully saturated rings. The lowest BCUT2D eigenvalue weighted by atomic mass is 10.2. The van der Waals surface area contributed by atoms with E-state index >= 15 is 0 Å². The Balaban J connectivity index is 1.66. The first-order valence-corrected chi connectivity index (χ1v) is 11.2. The second-order valence-electron chi connectivity index (χ2n) is 7.30. The molecule has 0 unspecified atom stereocenters. The molecule has 2 amide bonds. The predicted octanol–water partition coefficient (Wildman–Crippen LogP) is 4.71. The number of benzene rings is 2. The van der Waals surface area contributed by atoms with Gasteiger partial charge in [0, 0.05) is 17.5 Å². The molecule has 0 aliphatic heterocycles. The Morgan fingerprint density at radius 2 is 1.84 bits per heavy atom. The lowest BCUT2D eigenvalue weighted by molar-refractivity contribution is -0.116. The third-order valence-corrected chi connectivity index (χ3v) is 5.47. The summed E-state index contributed by atoms with van der Waals surface area (Å²) in [5.41, 5.74) is 1.78. The quantitative estimate of drug-likeness (QED) is 0.508. The molecule has 1 N–H and O–H groups in total. The molecule has 0 saturated carbocycles. The summed E-state index contributed by atoms with van der Waals surface area (Å²) in [6.45, 7) is 6.08. The first-order chi connectivity index (χ1) is 15.4. The van der Waals surface area contributed by atoms with Crippen LogP contribution in [-0.2, 0) is 4.79 Å². The Labute approximate surface area is 192 Å².